The van der Waals surface area contributed by atoms with Gasteiger partial charge in [-0.3, -0.25) is 14.6 Å². The lowest BCUT2D eigenvalue weighted by atomic mass is 9.85. The summed E-state index contributed by atoms with van der Waals surface area (Å²) in [5.74, 6) is -1.33. The predicted molar refractivity (Wildman–Crippen MR) is 112 cm³/mol. The molecule has 0 saturated carbocycles. The lowest BCUT2D eigenvalue weighted by Crippen LogP contribution is -2.44. The number of aromatic nitrogens is 1. The molecule has 30 heavy (non-hydrogen) atoms. The summed E-state index contributed by atoms with van der Waals surface area (Å²) in [5.41, 5.74) is 2.10. The number of carbonyl (C=O) groups excluding carboxylic acids is 2. The van der Waals surface area contributed by atoms with Gasteiger partial charge in [0.2, 0.25) is 0 Å². The Morgan fingerprint density at radius 2 is 1.70 bits per heavy atom. The Kier molecular flexibility index (Phi) is 5.30. The minimum Gasteiger partial charge on any atom is -0.508 e. The zero-order chi connectivity index (χ0) is 21.1. The van der Waals surface area contributed by atoms with Crippen LogP contribution in [-0.2, 0) is 4.79 Å². The van der Waals surface area contributed by atoms with Crippen LogP contribution in [0.1, 0.15) is 27.5 Å². The summed E-state index contributed by atoms with van der Waals surface area (Å²) in [4.78, 5) is 32.2. The minimum absolute atomic E-state index is 0.0466. The fourth-order valence-corrected chi connectivity index (χ4v) is 3.63. The van der Waals surface area contributed by atoms with Crippen LogP contribution in [0.25, 0.3) is 6.08 Å². The highest BCUT2D eigenvalue weighted by Crippen LogP contribution is 2.30. The number of rotatable bonds is 3. The number of benzene rings is 2. The van der Waals surface area contributed by atoms with Gasteiger partial charge in [0, 0.05) is 36.5 Å². The van der Waals surface area contributed by atoms with E-state index in [-0.39, 0.29) is 41.8 Å². The number of hydrogen-bond acceptors (Lipinski definition) is 5. The molecule has 0 aliphatic carbocycles. The smallest absolute Gasteiger partial charge is 0.254 e. The van der Waals surface area contributed by atoms with Gasteiger partial charge in [-0.1, -0.05) is 36.4 Å². The van der Waals surface area contributed by atoms with Crippen molar-refractivity contribution in [2.24, 2.45) is 0 Å². The van der Waals surface area contributed by atoms with Crippen LogP contribution in [0, 0.1) is 0 Å². The van der Waals surface area contributed by atoms with E-state index in [1.54, 1.807) is 29.3 Å². The van der Waals surface area contributed by atoms with Crippen molar-refractivity contribution in [2.75, 3.05) is 13.1 Å². The van der Waals surface area contributed by atoms with Crippen molar-refractivity contribution >= 4 is 17.8 Å². The van der Waals surface area contributed by atoms with Crippen molar-refractivity contribution in [2.45, 2.75) is 5.92 Å². The van der Waals surface area contributed by atoms with E-state index in [4.69, 9.17) is 0 Å². The molecule has 2 aromatic carbocycles. The van der Waals surface area contributed by atoms with E-state index < -0.39 is 5.92 Å². The van der Waals surface area contributed by atoms with Crippen LogP contribution < -0.4 is 0 Å². The minimum atomic E-state index is -0.509. The molecule has 1 aliphatic rings. The molecule has 1 amide bonds. The fraction of sp³-hybridized carbons (Fsp3) is 0.125. The van der Waals surface area contributed by atoms with E-state index in [0.29, 0.717) is 11.3 Å². The van der Waals surface area contributed by atoms with Crippen LogP contribution in [0.2, 0.25) is 0 Å². The van der Waals surface area contributed by atoms with Gasteiger partial charge in [0.05, 0.1) is 11.6 Å². The molecule has 0 radical (unpaired) electrons. The first kappa shape index (κ1) is 19.4. The third-order valence-corrected chi connectivity index (χ3v) is 5.05. The maximum atomic E-state index is 13.2. The number of piperidine rings is 1. The molecule has 3 aromatic rings. The van der Waals surface area contributed by atoms with Gasteiger partial charge in [0.1, 0.15) is 11.5 Å². The third kappa shape index (κ3) is 4.07. The Morgan fingerprint density at radius 1 is 1.00 bits per heavy atom. The molecule has 1 fully saturated rings. The summed E-state index contributed by atoms with van der Waals surface area (Å²) in [6.07, 6.45) is 3.35. The second-order valence-electron chi connectivity index (χ2n) is 7.18. The zero-order valence-electron chi connectivity index (χ0n) is 16.1. The maximum Gasteiger partial charge on any atom is 0.254 e. The van der Waals surface area contributed by atoms with Crippen LogP contribution in [0.15, 0.2) is 78.5 Å². The molecule has 2 N–H and O–H groups in total. The molecular weight excluding hydrogens is 380 g/mol. The predicted octanol–water partition coefficient (Wildman–Crippen LogP) is 3.39. The average molecular weight is 400 g/mol. The summed E-state index contributed by atoms with van der Waals surface area (Å²) in [6.45, 7) is 0.325. The number of Topliss-reactive ketones (excluding diaryl/α,β-unsaturated/α-hetero) is 1. The van der Waals surface area contributed by atoms with Gasteiger partial charge >= 0.3 is 0 Å². The quantitative estimate of drug-likeness (QED) is 0.658. The normalized spacial score (nSPS) is 17.9. The third-order valence-electron chi connectivity index (χ3n) is 5.05. The SMILES string of the molecule is O=C1/C(=C\c2ccccn2)CN(C(=O)c2cc(O)cc(O)c2)CC1c1ccccc1. The Morgan fingerprint density at radius 3 is 2.37 bits per heavy atom. The van der Waals surface area contributed by atoms with E-state index >= 15 is 0 Å². The largest absolute Gasteiger partial charge is 0.508 e. The van der Waals surface area contributed by atoms with E-state index in [1.807, 2.05) is 36.4 Å². The van der Waals surface area contributed by atoms with Crippen LogP contribution in [0.5, 0.6) is 11.5 Å². The molecule has 1 aromatic heterocycles. The van der Waals surface area contributed by atoms with Crippen molar-refractivity contribution in [3.05, 3.63) is 95.3 Å². The van der Waals surface area contributed by atoms with Gasteiger partial charge in [0.25, 0.3) is 5.91 Å². The summed E-state index contributed by atoms with van der Waals surface area (Å²) in [5, 5.41) is 19.5. The van der Waals surface area contributed by atoms with Crippen molar-refractivity contribution in [3.8, 4) is 11.5 Å². The Balaban J connectivity index is 1.72. The zero-order valence-corrected chi connectivity index (χ0v) is 16.1. The first-order chi connectivity index (χ1) is 14.5. The molecule has 150 valence electrons. The van der Waals surface area contributed by atoms with Crippen LogP contribution in [0.3, 0.4) is 0 Å². The number of carbonyl (C=O) groups is 2. The summed E-state index contributed by atoms with van der Waals surface area (Å²) < 4.78 is 0. The van der Waals surface area contributed by atoms with Gasteiger partial charge in [-0.05, 0) is 35.9 Å². The Hall–Kier alpha value is -3.93. The number of pyridine rings is 1. The first-order valence-corrected chi connectivity index (χ1v) is 9.54. The molecule has 1 unspecified atom stereocenters. The van der Waals surface area contributed by atoms with Crippen LogP contribution in [-0.4, -0.2) is 44.9 Å². The van der Waals surface area contributed by atoms with E-state index in [9.17, 15) is 19.8 Å². The molecule has 1 aliphatic heterocycles. The second kappa shape index (κ2) is 8.21. The summed E-state index contributed by atoms with van der Waals surface area (Å²) in [6, 6.07) is 18.5. The molecule has 1 saturated heterocycles. The number of nitrogens with zero attached hydrogens (tertiary/aromatic N) is 2. The standard InChI is InChI=1S/C24H20N2O4/c27-20-11-17(12-21(28)13-20)24(30)26-14-18(10-19-8-4-5-9-25-19)23(29)22(15-26)16-6-2-1-3-7-16/h1-13,22,27-28H,14-15H2/b18-10-. The number of phenols is 2. The van der Waals surface area contributed by atoms with E-state index in [0.717, 1.165) is 11.6 Å². The maximum absolute atomic E-state index is 13.2. The number of phenolic OH excluding ortho intramolecular Hbond substituents is 2. The number of amides is 1. The molecule has 6 nitrogen and oxygen atoms in total. The highest BCUT2D eigenvalue weighted by Gasteiger charge is 2.35. The summed E-state index contributed by atoms with van der Waals surface area (Å²) in [7, 11) is 0. The Bertz CT molecular complexity index is 1090. The highest BCUT2D eigenvalue weighted by molar-refractivity contribution is 6.07. The lowest BCUT2D eigenvalue weighted by Gasteiger charge is -2.34. The van der Waals surface area contributed by atoms with Crippen molar-refractivity contribution in [1.82, 2.24) is 9.88 Å². The van der Waals surface area contributed by atoms with Crippen molar-refractivity contribution < 1.29 is 19.8 Å². The number of aromatic hydroxyl groups is 2. The highest BCUT2D eigenvalue weighted by atomic mass is 16.3. The van der Waals surface area contributed by atoms with Gasteiger partial charge in [-0.2, -0.15) is 0 Å². The van der Waals surface area contributed by atoms with Gasteiger partial charge in [-0.25, -0.2) is 0 Å². The van der Waals surface area contributed by atoms with Crippen LogP contribution >= 0.6 is 0 Å². The van der Waals surface area contributed by atoms with Crippen LogP contribution in [0.4, 0.5) is 0 Å². The molecule has 0 bridgehead atoms. The van der Waals surface area contributed by atoms with Crippen molar-refractivity contribution in [3.63, 3.8) is 0 Å². The van der Waals surface area contributed by atoms with Gasteiger partial charge < -0.3 is 15.1 Å². The van der Waals surface area contributed by atoms with Gasteiger partial charge in [0.15, 0.2) is 5.78 Å². The molecule has 1 atom stereocenters. The van der Waals surface area contributed by atoms with E-state index in [2.05, 4.69) is 4.98 Å². The molecule has 6 heteroatoms. The molecular formula is C24H20N2O4. The molecule has 2 heterocycles. The number of ketones is 1. The monoisotopic (exact) mass is 400 g/mol. The summed E-state index contributed by atoms with van der Waals surface area (Å²) >= 11 is 0. The van der Waals surface area contributed by atoms with Crippen molar-refractivity contribution in [1.29, 1.82) is 0 Å². The van der Waals surface area contributed by atoms with E-state index in [1.165, 1.54) is 12.1 Å². The molecule has 0 spiro atoms. The average Bonchev–Trinajstić information content (AvgIpc) is 2.75. The lowest BCUT2D eigenvalue weighted by molar-refractivity contribution is -0.118. The number of likely N-dealkylation sites (tertiary alicyclic amines) is 1. The Labute approximate surface area is 173 Å². The number of hydrogen-bond donors (Lipinski definition) is 2. The second-order valence-corrected chi connectivity index (χ2v) is 7.18. The first-order valence-electron chi connectivity index (χ1n) is 9.54. The molecule has 4 rings (SSSR count). The fourth-order valence-electron chi connectivity index (χ4n) is 3.63. The van der Waals surface area contributed by atoms with Gasteiger partial charge in [-0.15, -0.1) is 0 Å². The topological polar surface area (TPSA) is 90.7 Å².